The van der Waals surface area contributed by atoms with Crippen LogP contribution in [0.2, 0.25) is 0 Å². The van der Waals surface area contributed by atoms with E-state index in [0.29, 0.717) is 11.3 Å². The van der Waals surface area contributed by atoms with Crippen molar-refractivity contribution < 1.29 is 5.11 Å². The fourth-order valence-electron chi connectivity index (χ4n) is 2.73. The number of rotatable bonds is 2. The second kappa shape index (κ2) is 5.36. The number of nitrogens with one attached hydrogen (secondary N) is 1. The first-order valence-electron chi connectivity index (χ1n) is 6.61. The highest BCUT2D eigenvalue weighted by atomic mass is 79.9. The molecule has 0 aromatic carbocycles. The van der Waals surface area contributed by atoms with Gasteiger partial charge in [0.15, 0.2) is 5.82 Å². The SMILES string of the molecule is O=c1[nH]c(-c2ncccc2Br)nc(O)c1C1CCCC1. The van der Waals surface area contributed by atoms with Crippen LogP contribution >= 0.6 is 15.9 Å². The van der Waals surface area contributed by atoms with Gasteiger partial charge in [-0.05, 0) is 46.8 Å². The Morgan fingerprint density at radius 3 is 2.75 bits per heavy atom. The van der Waals surface area contributed by atoms with Crippen LogP contribution in [0.3, 0.4) is 0 Å². The van der Waals surface area contributed by atoms with Gasteiger partial charge in [0.2, 0.25) is 5.88 Å². The quantitative estimate of drug-likeness (QED) is 0.884. The minimum atomic E-state index is -0.267. The number of hydrogen-bond donors (Lipinski definition) is 2. The Morgan fingerprint density at radius 1 is 1.35 bits per heavy atom. The first-order valence-corrected chi connectivity index (χ1v) is 7.40. The zero-order chi connectivity index (χ0) is 14.1. The summed E-state index contributed by atoms with van der Waals surface area (Å²) in [6, 6.07) is 3.59. The van der Waals surface area contributed by atoms with Crippen LogP contribution in [0.4, 0.5) is 0 Å². The van der Waals surface area contributed by atoms with Gasteiger partial charge in [-0.15, -0.1) is 0 Å². The van der Waals surface area contributed by atoms with Gasteiger partial charge in [-0.3, -0.25) is 9.78 Å². The minimum Gasteiger partial charge on any atom is -0.493 e. The van der Waals surface area contributed by atoms with Crippen molar-refractivity contribution in [1.29, 1.82) is 0 Å². The zero-order valence-corrected chi connectivity index (χ0v) is 12.4. The molecular weight excluding hydrogens is 322 g/mol. The summed E-state index contributed by atoms with van der Waals surface area (Å²) in [6.07, 6.45) is 5.67. The van der Waals surface area contributed by atoms with E-state index < -0.39 is 0 Å². The van der Waals surface area contributed by atoms with E-state index in [4.69, 9.17) is 0 Å². The van der Waals surface area contributed by atoms with Gasteiger partial charge < -0.3 is 10.1 Å². The van der Waals surface area contributed by atoms with Crippen molar-refractivity contribution in [1.82, 2.24) is 15.0 Å². The second-order valence-corrected chi connectivity index (χ2v) is 5.82. The molecule has 2 N–H and O–H groups in total. The number of hydrogen-bond acceptors (Lipinski definition) is 4. The van der Waals surface area contributed by atoms with Crippen LogP contribution in [0.15, 0.2) is 27.6 Å². The summed E-state index contributed by atoms with van der Waals surface area (Å²) < 4.78 is 0.719. The number of halogens is 1. The molecule has 3 rings (SSSR count). The molecule has 0 amide bonds. The molecule has 2 aromatic rings. The molecule has 2 heterocycles. The van der Waals surface area contributed by atoms with E-state index in [0.717, 1.165) is 30.2 Å². The van der Waals surface area contributed by atoms with Crippen molar-refractivity contribution in [2.75, 3.05) is 0 Å². The van der Waals surface area contributed by atoms with Crippen LogP contribution in [-0.4, -0.2) is 20.1 Å². The Balaban J connectivity index is 2.08. The van der Waals surface area contributed by atoms with Gasteiger partial charge in [0, 0.05) is 10.7 Å². The summed E-state index contributed by atoms with van der Waals surface area (Å²) in [4.78, 5) is 23.2. The van der Waals surface area contributed by atoms with Gasteiger partial charge in [0.1, 0.15) is 5.69 Å². The second-order valence-electron chi connectivity index (χ2n) is 4.97. The molecular formula is C14H14BrN3O2. The number of pyridine rings is 1. The van der Waals surface area contributed by atoms with Crippen molar-refractivity contribution in [3.8, 4) is 17.4 Å². The predicted molar refractivity (Wildman–Crippen MR) is 78.7 cm³/mol. The summed E-state index contributed by atoms with van der Waals surface area (Å²) in [5.41, 5.74) is 0.660. The number of aromatic hydroxyl groups is 1. The summed E-state index contributed by atoms with van der Waals surface area (Å²) in [7, 11) is 0. The molecule has 0 aliphatic heterocycles. The van der Waals surface area contributed by atoms with E-state index in [-0.39, 0.29) is 23.2 Å². The summed E-state index contributed by atoms with van der Waals surface area (Å²) in [6.45, 7) is 0. The standard InChI is InChI=1S/C14H14BrN3O2/c15-9-6-3-7-16-11(9)12-17-13(19)10(14(20)18-12)8-4-1-2-5-8/h3,6-8H,1-2,4-5H2,(H2,17,18,19,20). The fourth-order valence-corrected chi connectivity index (χ4v) is 3.17. The van der Waals surface area contributed by atoms with Crippen molar-refractivity contribution in [3.05, 3.63) is 38.7 Å². The summed E-state index contributed by atoms with van der Waals surface area (Å²) >= 11 is 3.36. The van der Waals surface area contributed by atoms with Gasteiger partial charge in [0.25, 0.3) is 5.56 Å². The minimum absolute atomic E-state index is 0.118. The van der Waals surface area contributed by atoms with Gasteiger partial charge in [0.05, 0.1) is 5.56 Å². The summed E-state index contributed by atoms with van der Waals surface area (Å²) in [5, 5.41) is 10.1. The molecule has 1 aliphatic rings. The number of H-pyrrole nitrogens is 1. The van der Waals surface area contributed by atoms with Crippen molar-refractivity contribution >= 4 is 15.9 Å². The highest BCUT2D eigenvalue weighted by Crippen LogP contribution is 2.36. The van der Waals surface area contributed by atoms with Crippen LogP contribution in [0, 0.1) is 0 Å². The van der Waals surface area contributed by atoms with Crippen LogP contribution in [0.25, 0.3) is 11.5 Å². The molecule has 0 atom stereocenters. The van der Waals surface area contributed by atoms with Crippen molar-refractivity contribution in [3.63, 3.8) is 0 Å². The molecule has 0 bridgehead atoms. The average molecular weight is 336 g/mol. The molecule has 1 fully saturated rings. The predicted octanol–water partition coefficient (Wildman–Crippen LogP) is 2.96. The molecule has 6 heteroatoms. The lowest BCUT2D eigenvalue weighted by atomic mass is 10.00. The molecule has 0 saturated heterocycles. The lowest BCUT2D eigenvalue weighted by Gasteiger charge is -2.11. The van der Waals surface area contributed by atoms with E-state index in [1.165, 1.54) is 0 Å². The van der Waals surface area contributed by atoms with Gasteiger partial charge in [-0.1, -0.05) is 12.8 Å². The fraction of sp³-hybridized carbons (Fsp3) is 0.357. The van der Waals surface area contributed by atoms with Crippen molar-refractivity contribution in [2.24, 2.45) is 0 Å². The third kappa shape index (κ3) is 2.35. The highest BCUT2D eigenvalue weighted by Gasteiger charge is 2.25. The molecule has 104 valence electrons. The third-order valence-corrected chi connectivity index (χ3v) is 4.32. The molecule has 0 radical (unpaired) electrons. The molecule has 0 unspecified atom stereocenters. The number of nitrogens with zero attached hydrogens (tertiary/aromatic N) is 2. The average Bonchev–Trinajstić information content (AvgIpc) is 2.92. The van der Waals surface area contributed by atoms with Gasteiger partial charge >= 0.3 is 0 Å². The van der Waals surface area contributed by atoms with E-state index in [2.05, 4.69) is 30.9 Å². The van der Waals surface area contributed by atoms with Crippen LogP contribution < -0.4 is 5.56 Å². The maximum atomic E-state index is 12.2. The number of aromatic nitrogens is 3. The van der Waals surface area contributed by atoms with E-state index in [1.54, 1.807) is 12.3 Å². The van der Waals surface area contributed by atoms with E-state index in [9.17, 15) is 9.90 Å². The lowest BCUT2D eigenvalue weighted by molar-refractivity contribution is 0.436. The molecule has 5 nitrogen and oxygen atoms in total. The lowest BCUT2D eigenvalue weighted by Crippen LogP contribution is -2.17. The monoisotopic (exact) mass is 335 g/mol. The smallest absolute Gasteiger partial charge is 0.258 e. The molecule has 20 heavy (non-hydrogen) atoms. The maximum Gasteiger partial charge on any atom is 0.258 e. The Labute approximate surface area is 124 Å². The third-order valence-electron chi connectivity index (χ3n) is 3.68. The normalized spacial score (nSPS) is 15.7. The van der Waals surface area contributed by atoms with Crippen LogP contribution in [0.1, 0.15) is 37.2 Å². The van der Waals surface area contributed by atoms with Crippen LogP contribution in [-0.2, 0) is 0 Å². The van der Waals surface area contributed by atoms with E-state index >= 15 is 0 Å². The zero-order valence-electron chi connectivity index (χ0n) is 10.8. The maximum absolute atomic E-state index is 12.2. The summed E-state index contributed by atoms with van der Waals surface area (Å²) in [5.74, 6) is 0.224. The first-order chi connectivity index (χ1) is 9.66. The first kappa shape index (κ1) is 13.3. The van der Waals surface area contributed by atoms with Crippen LogP contribution in [0.5, 0.6) is 5.88 Å². The molecule has 1 saturated carbocycles. The topological polar surface area (TPSA) is 78.9 Å². The number of aromatic amines is 1. The Morgan fingerprint density at radius 2 is 2.10 bits per heavy atom. The highest BCUT2D eigenvalue weighted by molar-refractivity contribution is 9.10. The van der Waals surface area contributed by atoms with Crippen molar-refractivity contribution in [2.45, 2.75) is 31.6 Å². The van der Waals surface area contributed by atoms with Gasteiger partial charge in [-0.25, -0.2) is 0 Å². The molecule has 2 aromatic heterocycles. The Bertz CT molecular complexity index is 693. The molecule has 1 aliphatic carbocycles. The Hall–Kier alpha value is -1.69. The Kier molecular flexibility index (Phi) is 3.56. The molecule has 0 spiro atoms. The largest absolute Gasteiger partial charge is 0.493 e. The van der Waals surface area contributed by atoms with E-state index in [1.807, 2.05) is 6.07 Å². The van der Waals surface area contributed by atoms with Gasteiger partial charge in [-0.2, -0.15) is 4.98 Å².